The van der Waals surface area contributed by atoms with Crippen molar-refractivity contribution in [2.45, 2.75) is 44.9 Å². The lowest BCUT2D eigenvalue weighted by molar-refractivity contribution is 0.0842. The van der Waals surface area contributed by atoms with Crippen LogP contribution >= 0.6 is 12.2 Å². The number of pyridine rings is 2. The zero-order valence-electron chi connectivity index (χ0n) is 17.9. The smallest absolute Gasteiger partial charge is 0.170 e. The predicted octanol–water partition coefficient (Wildman–Crippen LogP) is 4.04. The molecule has 2 aliphatic rings. The maximum Gasteiger partial charge on any atom is 0.170 e. The van der Waals surface area contributed by atoms with E-state index in [1.54, 1.807) is 0 Å². The minimum absolute atomic E-state index is 0.0206. The Morgan fingerprint density at radius 3 is 2.61 bits per heavy atom. The molecule has 0 radical (unpaired) electrons. The van der Waals surface area contributed by atoms with Crippen LogP contribution in [0.3, 0.4) is 0 Å². The molecule has 3 aromatic heterocycles. The van der Waals surface area contributed by atoms with E-state index >= 15 is 0 Å². The summed E-state index contributed by atoms with van der Waals surface area (Å²) in [6, 6.07) is 14.3. The summed E-state index contributed by atoms with van der Waals surface area (Å²) in [5, 5.41) is 4.32. The highest BCUT2D eigenvalue weighted by atomic mass is 32.1. The fourth-order valence-electron chi connectivity index (χ4n) is 4.87. The molecule has 5 rings (SSSR count). The van der Waals surface area contributed by atoms with Crippen LogP contribution in [0.15, 0.2) is 54.9 Å². The van der Waals surface area contributed by atoms with E-state index in [9.17, 15) is 0 Å². The van der Waals surface area contributed by atoms with Gasteiger partial charge in [-0.25, -0.2) is 4.98 Å². The monoisotopic (exact) mass is 433 g/mol. The number of aromatic nitrogens is 3. The average Bonchev–Trinajstić information content (AvgIpc) is 3.49. The Morgan fingerprint density at radius 1 is 1.13 bits per heavy atom. The maximum absolute atomic E-state index is 5.96. The number of ether oxygens (including phenoxy) is 1. The van der Waals surface area contributed by atoms with Gasteiger partial charge in [-0.1, -0.05) is 12.1 Å². The van der Waals surface area contributed by atoms with Gasteiger partial charge in [-0.15, -0.1) is 0 Å². The van der Waals surface area contributed by atoms with Crippen LogP contribution in [-0.4, -0.2) is 43.8 Å². The van der Waals surface area contributed by atoms with Gasteiger partial charge in [0.2, 0.25) is 0 Å². The number of hydrogen-bond acceptors (Lipinski definition) is 4. The highest BCUT2D eigenvalue weighted by Gasteiger charge is 2.42. The number of rotatable bonds is 5. The van der Waals surface area contributed by atoms with Crippen molar-refractivity contribution in [3.05, 3.63) is 77.5 Å². The zero-order chi connectivity index (χ0) is 21.4. The molecule has 0 aromatic carbocycles. The van der Waals surface area contributed by atoms with Crippen LogP contribution in [0.2, 0.25) is 0 Å². The standard InChI is InChI=1S/C24H27N5OS/c1-16-14-19(17(2)29(16)21-10-4-6-12-26-21)23-22(20-9-3-5-11-25-20)27-24(31)28(23)15-18-8-7-13-30-18/h3-6,9-12,14,18,22-23H,7-8,13,15H2,1-2H3,(H,27,31)/t18-,22+,23+/m0/s1. The van der Waals surface area contributed by atoms with Crippen molar-refractivity contribution < 1.29 is 4.74 Å². The molecule has 0 aliphatic carbocycles. The van der Waals surface area contributed by atoms with Gasteiger partial charge in [-0.3, -0.25) is 4.98 Å². The molecule has 1 N–H and O–H groups in total. The van der Waals surface area contributed by atoms with E-state index in [-0.39, 0.29) is 18.2 Å². The molecule has 2 saturated heterocycles. The van der Waals surface area contributed by atoms with Crippen LogP contribution in [-0.2, 0) is 4.74 Å². The molecular weight excluding hydrogens is 406 g/mol. The third kappa shape index (κ3) is 3.72. The van der Waals surface area contributed by atoms with Crippen molar-refractivity contribution in [2.24, 2.45) is 0 Å². The highest BCUT2D eigenvalue weighted by molar-refractivity contribution is 7.80. The van der Waals surface area contributed by atoms with Gasteiger partial charge in [0, 0.05) is 36.9 Å². The molecule has 0 bridgehead atoms. The molecule has 0 unspecified atom stereocenters. The van der Waals surface area contributed by atoms with Crippen molar-refractivity contribution in [1.29, 1.82) is 0 Å². The van der Waals surface area contributed by atoms with Crippen LogP contribution in [0, 0.1) is 13.8 Å². The largest absolute Gasteiger partial charge is 0.376 e. The molecular formula is C24H27N5OS. The van der Waals surface area contributed by atoms with E-state index in [0.29, 0.717) is 0 Å². The van der Waals surface area contributed by atoms with Crippen LogP contribution < -0.4 is 5.32 Å². The van der Waals surface area contributed by atoms with Crippen molar-refractivity contribution in [1.82, 2.24) is 24.8 Å². The van der Waals surface area contributed by atoms with Crippen molar-refractivity contribution >= 4 is 17.3 Å². The highest BCUT2D eigenvalue weighted by Crippen LogP contribution is 2.41. The lowest BCUT2D eigenvalue weighted by Crippen LogP contribution is -2.36. The quantitative estimate of drug-likeness (QED) is 0.613. The number of aryl methyl sites for hydroxylation is 1. The second-order valence-corrected chi connectivity index (χ2v) is 8.65. The normalized spacial score (nSPS) is 23.4. The first-order valence-electron chi connectivity index (χ1n) is 10.8. The Hall–Kier alpha value is -2.77. The third-order valence-corrected chi connectivity index (χ3v) is 6.64. The Labute approximate surface area is 188 Å². The number of hydrogen-bond donors (Lipinski definition) is 1. The minimum atomic E-state index is -0.0206. The van der Waals surface area contributed by atoms with Gasteiger partial charge in [0.15, 0.2) is 5.11 Å². The first-order chi connectivity index (χ1) is 15.1. The summed E-state index contributed by atoms with van der Waals surface area (Å²) in [5.41, 5.74) is 4.56. The second-order valence-electron chi connectivity index (χ2n) is 8.26. The molecule has 3 aromatic rings. The molecule has 160 valence electrons. The first kappa shape index (κ1) is 20.2. The summed E-state index contributed by atoms with van der Waals surface area (Å²) in [4.78, 5) is 11.5. The average molecular weight is 434 g/mol. The molecule has 6 nitrogen and oxygen atoms in total. The fourth-order valence-corrected chi connectivity index (χ4v) is 5.19. The van der Waals surface area contributed by atoms with Gasteiger partial charge in [-0.2, -0.15) is 0 Å². The lowest BCUT2D eigenvalue weighted by Gasteiger charge is -2.30. The van der Waals surface area contributed by atoms with Crippen LogP contribution in [0.25, 0.3) is 5.82 Å². The topological polar surface area (TPSA) is 55.2 Å². The van der Waals surface area contributed by atoms with E-state index < -0.39 is 0 Å². The summed E-state index contributed by atoms with van der Waals surface area (Å²) in [6.07, 6.45) is 6.08. The van der Waals surface area contributed by atoms with E-state index in [1.807, 2.05) is 42.7 Å². The Balaban J connectivity index is 1.59. The molecule has 3 atom stereocenters. The van der Waals surface area contributed by atoms with Crippen LogP contribution in [0.1, 0.15) is 47.6 Å². The summed E-state index contributed by atoms with van der Waals surface area (Å²) < 4.78 is 8.18. The summed E-state index contributed by atoms with van der Waals surface area (Å²) in [7, 11) is 0. The van der Waals surface area contributed by atoms with Crippen LogP contribution in [0.5, 0.6) is 0 Å². The van der Waals surface area contributed by atoms with Crippen LogP contribution in [0.4, 0.5) is 0 Å². The molecule has 2 aliphatic heterocycles. The lowest BCUT2D eigenvalue weighted by atomic mass is 9.96. The Kier molecular flexibility index (Phi) is 5.46. The SMILES string of the molecule is Cc1cc([C@@H]2[C@@H](c3ccccn3)NC(=S)N2C[C@@H]2CCCO2)c(C)n1-c1ccccn1. The number of thiocarbonyl (C=S) groups is 1. The molecule has 5 heterocycles. The van der Waals surface area contributed by atoms with E-state index in [0.717, 1.165) is 48.3 Å². The van der Waals surface area contributed by atoms with E-state index in [2.05, 4.69) is 50.7 Å². The van der Waals surface area contributed by atoms with Gasteiger partial charge in [0.1, 0.15) is 5.82 Å². The molecule has 31 heavy (non-hydrogen) atoms. The predicted molar refractivity (Wildman–Crippen MR) is 124 cm³/mol. The molecule has 2 fully saturated rings. The van der Waals surface area contributed by atoms with Gasteiger partial charge < -0.3 is 19.5 Å². The number of nitrogens with zero attached hydrogens (tertiary/aromatic N) is 4. The zero-order valence-corrected chi connectivity index (χ0v) is 18.7. The summed E-state index contributed by atoms with van der Waals surface area (Å²) in [6.45, 7) is 5.92. The van der Waals surface area contributed by atoms with Crippen molar-refractivity contribution in [3.8, 4) is 5.82 Å². The second kappa shape index (κ2) is 8.40. The van der Waals surface area contributed by atoms with Gasteiger partial charge in [0.25, 0.3) is 0 Å². The molecule has 0 saturated carbocycles. The number of nitrogens with one attached hydrogen (secondary N) is 1. The van der Waals surface area contributed by atoms with Gasteiger partial charge in [0.05, 0.1) is 23.9 Å². The van der Waals surface area contributed by atoms with E-state index in [4.69, 9.17) is 17.0 Å². The molecule has 0 amide bonds. The first-order valence-corrected chi connectivity index (χ1v) is 11.2. The minimum Gasteiger partial charge on any atom is -0.376 e. The summed E-state index contributed by atoms with van der Waals surface area (Å²) in [5.74, 6) is 0.928. The van der Waals surface area contributed by atoms with E-state index in [1.165, 1.54) is 11.3 Å². The Bertz CT molecular complexity index is 1060. The van der Waals surface area contributed by atoms with Crippen molar-refractivity contribution in [3.63, 3.8) is 0 Å². The van der Waals surface area contributed by atoms with Gasteiger partial charge >= 0.3 is 0 Å². The summed E-state index contributed by atoms with van der Waals surface area (Å²) >= 11 is 5.82. The fraction of sp³-hybridized carbons (Fsp3) is 0.375. The third-order valence-electron chi connectivity index (χ3n) is 6.29. The molecule has 0 spiro atoms. The molecule has 7 heteroatoms. The maximum atomic E-state index is 5.96. The van der Waals surface area contributed by atoms with Gasteiger partial charge in [-0.05, 0) is 74.8 Å². The van der Waals surface area contributed by atoms with Crippen molar-refractivity contribution in [2.75, 3.05) is 13.2 Å². The Morgan fingerprint density at radius 2 is 1.94 bits per heavy atom.